The Hall–Kier alpha value is -2.37. The van der Waals surface area contributed by atoms with Gasteiger partial charge in [-0.05, 0) is 70.6 Å². The summed E-state index contributed by atoms with van der Waals surface area (Å²) in [7, 11) is 0. The van der Waals surface area contributed by atoms with Gasteiger partial charge < -0.3 is 14.2 Å². The number of esters is 3. The summed E-state index contributed by atoms with van der Waals surface area (Å²) in [6.45, 7) is 6.62. The van der Waals surface area contributed by atoms with Crippen molar-refractivity contribution in [1.29, 1.82) is 0 Å². The van der Waals surface area contributed by atoms with Crippen LogP contribution in [0.2, 0.25) is 0 Å². The standard InChI is InChI=1S/C67H124O6/c1-4-7-10-13-16-19-22-25-27-29-31-32-33-34-35-36-38-39-42-45-48-51-54-57-60-66(69)72-63-64(62-71-65(68)59-56-53-50-47-44-41-24-21-18-15-12-9-6-3)73-67(70)61-58-55-52-49-46-43-40-37-30-28-26-23-20-17-14-11-8-5-2/h12,15,21,24,28,30,64H,4-11,13-14,16-20,22-23,25-27,29,31-63H2,1-3H3/b15-12-,24-21-,30-28-. The minimum atomic E-state index is -0.778. The summed E-state index contributed by atoms with van der Waals surface area (Å²) in [5, 5.41) is 0. The molecule has 428 valence electrons. The van der Waals surface area contributed by atoms with Crippen LogP contribution in [-0.2, 0) is 28.6 Å². The van der Waals surface area contributed by atoms with Gasteiger partial charge in [0.15, 0.2) is 6.10 Å². The smallest absolute Gasteiger partial charge is 0.306 e. The van der Waals surface area contributed by atoms with Crippen LogP contribution >= 0.6 is 0 Å². The van der Waals surface area contributed by atoms with E-state index < -0.39 is 6.10 Å². The van der Waals surface area contributed by atoms with E-state index in [0.717, 1.165) is 83.5 Å². The highest BCUT2D eigenvalue weighted by atomic mass is 16.6. The molecule has 0 radical (unpaired) electrons. The molecule has 0 aliphatic heterocycles. The zero-order chi connectivity index (χ0) is 52.9. The van der Waals surface area contributed by atoms with E-state index in [-0.39, 0.29) is 31.1 Å². The first-order valence-corrected chi connectivity index (χ1v) is 32.5. The molecule has 0 amide bonds. The third-order valence-electron chi connectivity index (χ3n) is 14.6. The van der Waals surface area contributed by atoms with Gasteiger partial charge in [0.2, 0.25) is 0 Å². The van der Waals surface area contributed by atoms with E-state index in [1.165, 1.54) is 231 Å². The molecule has 0 saturated carbocycles. The number of carbonyl (C=O) groups excluding carboxylic acids is 3. The lowest BCUT2D eigenvalue weighted by atomic mass is 10.0. The van der Waals surface area contributed by atoms with Gasteiger partial charge in [-0.3, -0.25) is 14.4 Å². The third kappa shape index (κ3) is 60.4. The SMILES string of the molecule is CCC/C=C\C/C=C\CCCCCCCC(=O)OCC(COC(=O)CCCCCCCCCCCCCCCCCCCCCCCCCC)OC(=O)CCCCCCCCC/C=C\CCCCCCCCC. The van der Waals surface area contributed by atoms with E-state index in [1.54, 1.807) is 0 Å². The van der Waals surface area contributed by atoms with Gasteiger partial charge in [-0.2, -0.15) is 0 Å². The van der Waals surface area contributed by atoms with Gasteiger partial charge >= 0.3 is 17.9 Å². The summed E-state index contributed by atoms with van der Waals surface area (Å²) in [4.78, 5) is 38.3. The van der Waals surface area contributed by atoms with E-state index in [2.05, 4.69) is 57.2 Å². The van der Waals surface area contributed by atoms with E-state index in [1.807, 2.05) is 0 Å². The second-order valence-corrected chi connectivity index (χ2v) is 22.0. The highest BCUT2D eigenvalue weighted by molar-refractivity contribution is 5.71. The van der Waals surface area contributed by atoms with Crippen molar-refractivity contribution in [3.63, 3.8) is 0 Å². The molecular weight excluding hydrogens is 901 g/mol. The Morgan fingerprint density at radius 1 is 0.274 bits per heavy atom. The minimum Gasteiger partial charge on any atom is -0.462 e. The third-order valence-corrected chi connectivity index (χ3v) is 14.6. The molecule has 0 aromatic rings. The van der Waals surface area contributed by atoms with E-state index in [4.69, 9.17) is 14.2 Å². The summed E-state index contributed by atoms with van der Waals surface area (Å²) in [6.07, 6.45) is 75.9. The summed E-state index contributed by atoms with van der Waals surface area (Å²) in [5.41, 5.74) is 0. The first kappa shape index (κ1) is 70.6. The van der Waals surface area contributed by atoms with Crippen molar-refractivity contribution in [2.24, 2.45) is 0 Å². The summed E-state index contributed by atoms with van der Waals surface area (Å²) in [6, 6.07) is 0. The van der Waals surface area contributed by atoms with Gasteiger partial charge in [-0.25, -0.2) is 0 Å². The summed E-state index contributed by atoms with van der Waals surface area (Å²) < 4.78 is 16.9. The number of carbonyl (C=O) groups is 3. The van der Waals surface area contributed by atoms with E-state index in [0.29, 0.717) is 19.3 Å². The molecule has 0 bridgehead atoms. The Bertz CT molecular complexity index is 1220. The number of rotatable bonds is 60. The monoisotopic (exact) mass is 1020 g/mol. The number of ether oxygens (including phenoxy) is 3. The molecule has 0 aliphatic rings. The van der Waals surface area contributed by atoms with Crippen LogP contribution in [-0.4, -0.2) is 37.2 Å². The molecule has 0 N–H and O–H groups in total. The van der Waals surface area contributed by atoms with Crippen molar-refractivity contribution in [2.75, 3.05) is 13.2 Å². The fourth-order valence-electron chi connectivity index (χ4n) is 9.71. The molecule has 0 aliphatic carbocycles. The Morgan fingerprint density at radius 3 is 0.822 bits per heavy atom. The minimum absolute atomic E-state index is 0.0744. The van der Waals surface area contributed by atoms with Crippen LogP contribution in [0.25, 0.3) is 0 Å². The van der Waals surface area contributed by atoms with Gasteiger partial charge in [0.1, 0.15) is 13.2 Å². The first-order valence-electron chi connectivity index (χ1n) is 32.5. The van der Waals surface area contributed by atoms with Crippen LogP contribution < -0.4 is 0 Å². The number of unbranched alkanes of at least 4 members (excludes halogenated alkanes) is 43. The van der Waals surface area contributed by atoms with Gasteiger partial charge in [0, 0.05) is 19.3 Å². The van der Waals surface area contributed by atoms with E-state index in [9.17, 15) is 14.4 Å². The fourth-order valence-corrected chi connectivity index (χ4v) is 9.71. The molecule has 0 rings (SSSR count). The van der Waals surface area contributed by atoms with Crippen molar-refractivity contribution in [1.82, 2.24) is 0 Å². The maximum absolute atomic E-state index is 12.9. The molecule has 0 aromatic heterocycles. The molecule has 1 unspecified atom stereocenters. The zero-order valence-electron chi connectivity index (χ0n) is 49.2. The van der Waals surface area contributed by atoms with Crippen molar-refractivity contribution >= 4 is 17.9 Å². The summed E-state index contributed by atoms with van der Waals surface area (Å²) in [5.74, 6) is -0.871. The lowest BCUT2D eigenvalue weighted by Gasteiger charge is -2.18. The molecule has 1 atom stereocenters. The number of hydrogen-bond donors (Lipinski definition) is 0. The maximum atomic E-state index is 12.9. The van der Waals surface area contributed by atoms with Crippen molar-refractivity contribution in [3.8, 4) is 0 Å². The molecule has 0 heterocycles. The van der Waals surface area contributed by atoms with Crippen LogP contribution in [0.3, 0.4) is 0 Å². The Morgan fingerprint density at radius 2 is 0.521 bits per heavy atom. The average molecular weight is 1030 g/mol. The lowest BCUT2D eigenvalue weighted by molar-refractivity contribution is -0.167. The van der Waals surface area contributed by atoms with Crippen molar-refractivity contribution in [3.05, 3.63) is 36.5 Å². The van der Waals surface area contributed by atoms with E-state index >= 15 is 0 Å². The van der Waals surface area contributed by atoms with Crippen LogP contribution in [0, 0.1) is 0 Å². The molecule has 73 heavy (non-hydrogen) atoms. The van der Waals surface area contributed by atoms with Gasteiger partial charge in [-0.1, -0.05) is 301 Å². The Labute approximate surface area is 455 Å². The molecule has 0 aromatic carbocycles. The molecule has 6 heteroatoms. The van der Waals surface area contributed by atoms with Crippen molar-refractivity contribution in [2.45, 2.75) is 361 Å². The summed E-state index contributed by atoms with van der Waals surface area (Å²) >= 11 is 0. The van der Waals surface area contributed by atoms with Crippen LogP contribution in [0.15, 0.2) is 36.5 Å². The average Bonchev–Trinajstić information content (AvgIpc) is 3.39. The zero-order valence-corrected chi connectivity index (χ0v) is 49.2. The normalized spacial score (nSPS) is 12.2. The van der Waals surface area contributed by atoms with Crippen LogP contribution in [0.4, 0.5) is 0 Å². The fraction of sp³-hybridized carbons (Fsp3) is 0.866. The van der Waals surface area contributed by atoms with Gasteiger partial charge in [-0.15, -0.1) is 0 Å². The highest BCUT2D eigenvalue weighted by Gasteiger charge is 2.19. The maximum Gasteiger partial charge on any atom is 0.306 e. The largest absolute Gasteiger partial charge is 0.462 e. The van der Waals surface area contributed by atoms with Crippen molar-refractivity contribution < 1.29 is 28.6 Å². The highest BCUT2D eigenvalue weighted by Crippen LogP contribution is 2.18. The Balaban J connectivity index is 4.25. The second kappa shape index (κ2) is 62.2. The van der Waals surface area contributed by atoms with Crippen LogP contribution in [0.1, 0.15) is 355 Å². The lowest BCUT2D eigenvalue weighted by Crippen LogP contribution is -2.30. The molecule has 0 spiro atoms. The van der Waals surface area contributed by atoms with Crippen LogP contribution in [0.5, 0.6) is 0 Å². The number of allylic oxidation sites excluding steroid dienone is 6. The predicted molar refractivity (Wildman–Crippen MR) is 316 cm³/mol. The quantitative estimate of drug-likeness (QED) is 0.0261. The number of hydrogen-bond acceptors (Lipinski definition) is 6. The molecule has 0 fully saturated rings. The van der Waals surface area contributed by atoms with Gasteiger partial charge in [0.05, 0.1) is 0 Å². The molecular formula is C67H124O6. The second-order valence-electron chi connectivity index (χ2n) is 22.0. The molecule has 0 saturated heterocycles. The van der Waals surface area contributed by atoms with Gasteiger partial charge in [0.25, 0.3) is 0 Å². The topological polar surface area (TPSA) is 78.9 Å². The molecule has 6 nitrogen and oxygen atoms in total. The predicted octanol–water partition coefficient (Wildman–Crippen LogP) is 22.0. The Kier molecular flexibility index (Phi) is 60.2. The first-order chi connectivity index (χ1) is 36.0.